The van der Waals surface area contributed by atoms with Gasteiger partial charge in [0.15, 0.2) is 5.82 Å². The van der Waals surface area contributed by atoms with E-state index in [1.54, 1.807) is 6.08 Å². The van der Waals surface area contributed by atoms with Crippen LogP contribution < -0.4 is 9.80 Å². The average Bonchev–Trinajstić information content (AvgIpc) is 3.12. The van der Waals surface area contributed by atoms with E-state index in [0.29, 0.717) is 0 Å². The Morgan fingerprint density at radius 2 is 2.23 bits per heavy atom. The van der Waals surface area contributed by atoms with Gasteiger partial charge in [0, 0.05) is 50.4 Å². The van der Waals surface area contributed by atoms with E-state index in [2.05, 4.69) is 34.7 Å². The first kappa shape index (κ1) is 14.4. The first-order valence-corrected chi connectivity index (χ1v) is 7.40. The summed E-state index contributed by atoms with van der Waals surface area (Å²) in [6, 6.07) is 4.11. The fourth-order valence-corrected chi connectivity index (χ4v) is 2.71. The third-order valence-corrected chi connectivity index (χ3v) is 3.89. The minimum Gasteiger partial charge on any atom is -0.359 e. The lowest BCUT2D eigenvalue weighted by molar-refractivity contribution is 0.854. The van der Waals surface area contributed by atoms with E-state index in [4.69, 9.17) is 0 Å². The van der Waals surface area contributed by atoms with E-state index in [-0.39, 0.29) is 0 Å². The summed E-state index contributed by atoms with van der Waals surface area (Å²) >= 11 is 0. The highest BCUT2D eigenvalue weighted by Crippen LogP contribution is 2.30. The van der Waals surface area contributed by atoms with Gasteiger partial charge in [0.2, 0.25) is 0 Å². The Balaban J connectivity index is 1.99. The molecule has 1 aliphatic heterocycles. The van der Waals surface area contributed by atoms with Crippen LogP contribution in [-0.4, -0.2) is 35.4 Å². The monoisotopic (exact) mass is 295 g/mol. The van der Waals surface area contributed by atoms with Crippen LogP contribution in [0.15, 0.2) is 43.3 Å². The highest BCUT2D eigenvalue weighted by atomic mass is 15.3. The topological polar surface area (TPSA) is 37.2 Å². The Kier molecular flexibility index (Phi) is 3.71. The standard InChI is InChI=1S/C17H21N5/c1-5-6-9-20(3)16-8-11-22(19-16)15-12-13(2)18-17-14(15)7-10-21(17)4/h5-6,8-9,11-12H,1,7,10H2,2-4H3/b9-6-. The lowest BCUT2D eigenvalue weighted by Gasteiger charge is -2.14. The molecule has 0 fully saturated rings. The lowest BCUT2D eigenvalue weighted by Crippen LogP contribution is -2.14. The van der Waals surface area contributed by atoms with Crippen molar-refractivity contribution < 1.29 is 0 Å². The van der Waals surface area contributed by atoms with Crippen molar-refractivity contribution in [1.82, 2.24) is 14.8 Å². The number of hydrogen-bond acceptors (Lipinski definition) is 4. The third-order valence-electron chi connectivity index (χ3n) is 3.89. The van der Waals surface area contributed by atoms with Gasteiger partial charge in [-0.25, -0.2) is 9.67 Å². The molecule has 0 bridgehead atoms. The zero-order chi connectivity index (χ0) is 15.7. The summed E-state index contributed by atoms with van der Waals surface area (Å²) in [6.07, 6.45) is 8.59. The summed E-state index contributed by atoms with van der Waals surface area (Å²) in [6.45, 7) is 6.72. The van der Waals surface area contributed by atoms with Gasteiger partial charge in [-0.05, 0) is 25.5 Å². The third kappa shape index (κ3) is 2.50. The number of likely N-dealkylation sites (N-methyl/N-ethyl adjacent to an activating group) is 1. The van der Waals surface area contributed by atoms with Crippen LogP contribution in [0.5, 0.6) is 0 Å². The second-order valence-corrected chi connectivity index (χ2v) is 5.56. The summed E-state index contributed by atoms with van der Waals surface area (Å²) < 4.78 is 1.94. The average molecular weight is 295 g/mol. The minimum atomic E-state index is 0.896. The fraction of sp³-hybridized carbons (Fsp3) is 0.294. The SMILES string of the molecule is C=C/C=C\N(C)c1ccn(-c2cc(C)nc3c2CCN3C)n1. The van der Waals surface area contributed by atoms with Gasteiger partial charge in [0.25, 0.3) is 0 Å². The summed E-state index contributed by atoms with van der Waals surface area (Å²) in [5.74, 6) is 1.97. The molecule has 0 radical (unpaired) electrons. The normalized spacial score (nSPS) is 13.7. The van der Waals surface area contributed by atoms with Crippen molar-refractivity contribution in [2.45, 2.75) is 13.3 Å². The largest absolute Gasteiger partial charge is 0.359 e. The molecule has 0 saturated carbocycles. The molecule has 0 atom stereocenters. The van der Waals surface area contributed by atoms with E-state index >= 15 is 0 Å². The maximum Gasteiger partial charge on any atom is 0.154 e. The lowest BCUT2D eigenvalue weighted by atomic mass is 10.1. The number of aryl methyl sites for hydroxylation is 1. The molecule has 0 unspecified atom stereocenters. The highest BCUT2D eigenvalue weighted by molar-refractivity contribution is 5.61. The van der Waals surface area contributed by atoms with Gasteiger partial charge in [-0.3, -0.25) is 0 Å². The second-order valence-electron chi connectivity index (χ2n) is 5.56. The zero-order valence-electron chi connectivity index (χ0n) is 13.3. The Bertz CT molecular complexity index is 729. The number of rotatable bonds is 4. The van der Waals surface area contributed by atoms with Gasteiger partial charge >= 0.3 is 0 Å². The molecule has 2 aromatic heterocycles. The molecule has 0 aromatic carbocycles. The predicted molar refractivity (Wildman–Crippen MR) is 90.8 cm³/mol. The highest BCUT2D eigenvalue weighted by Gasteiger charge is 2.22. The van der Waals surface area contributed by atoms with E-state index in [9.17, 15) is 0 Å². The molecule has 3 heterocycles. The number of anilines is 2. The van der Waals surface area contributed by atoms with Crippen molar-refractivity contribution in [3.8, 4) is 5.69 Å². The molecule has 3 rings (SSSR count). The van der Waals surface area contributed by atoms with Crippen LogP contribution >= 0.6 is 0 Å². The summed E-state index contributed by atoms with van der Waals surface area (Å²) in [7, 11) is 4.06. The van der Waals surface area contributed by atoms with Crippen LogP contribution in [-0.2, 0) is 6.42 Å². The van der Waals surface area contributed by atoms with Crippen LogP contribution in [0.25, 0.3) is 5.69 Å². The van der Waals surface area contributed by atoms with Crippen LogP contribution in [0, 0.1) is 6.92 Å². The molecular formula is C17H21N5. The first-order valence-electron chi connectivity index (χ1n) is 7.40. The predicted octanol–water partition coefficient (Wildman–Crippen LogP) is 2.70. The van der Waals surface area contributed by atoms with Crippen molar-refractivity contribution >= 4 is 11.6 Å². The van der Waals surface area contributed by atoms with Crippen LogP contribution in [0.4, 0.5) is 11.6 Å². The smallest absolute Gasteiger partial charge is 0.154 e. The molecule has 5 nitrogen and oxygen atoms in total. The number of aromatic nitrogens is 3. The van der Waals surface area contributed by atoms with E-state index < -0.39 is 0 Å². The quantitative estimate of drug-likeness (QED) is 0.813. The number of pyridine rings is 1. The van der Waals surface area contributed by atoms with Crippen molar-refractivity contribution in [3.05, 3.63) is 54.5 Å². The van der Waals surface area contributed by atoms with Crippen molar-refractivity contribution in [2.24, 2.45) is 0 Å². The van der Waals surface area contributed by atoms with Crippen LogP contribution in [0.1, 0.15) is 11.3 Å². The van der Waals surface area contributed by atoms with Crippen LogP contribution in [0.3, 0.4) is 0 Å². The molecule has 0 amide bonds. The first-order chi connectivity index (χ1) is 10.6. The van der Waals surface area contributed by atoms with Gasteiger partial charge < -0.3 is 9.80 Å². The molecule has 0 aliphatic carbocycles. The molecule has 2 aromatic rings. The maximum absolute atomic E-state index is 4.69. The Hall–Kier alpha value is -2.56. The molecule has 114 valence electrons. The minimum absolute atomic E-state index is 0.896. The van der Waals surface area contributed by atoms with Gasteiger partial charge in [0.05, 0.1) is 5.69 Å². The van der Waals surface area contributed by atoms with E-state index in [1.807, 2.05) is 48.1 Å². The van der Waals surface area contributed by atoms with Crippen molar-refractivity contribution in [2.75, 3.05) is 30.4 Å². The molecule has 0 N–H and O–H groups in total. The number of allylic oxidation sites excluding steroid dienone is 2. The maximum atomic E-state index is 4.69. The van der Waals surface area contributed by atoms with Crippen molar-refractivity contribution in [3.63, 3.8) is 0 Å². The fourth-order valence-electron chi connectivity index (χ4n) is 2.71. The van der Waals surface area contributed by atoms with Crippen LogP contribution in [0.2, 0.25) is 0 Å². The molecular weight excluding hydrogens is 274 g/mol. The van der Waals surface area contributed by atoms with Gasteiger partial charge in [0.1, 0.15) is 5.82 Å². The Labute approximate surface area is 131 Å². The summed E-state index contributed by atoms with van der Waals surface area (Å²) in [5.41, 5.74) is 3.41. The summed E-state index contributed by atoms with van der Waals surface area (Å²) in [5, 5.41) is 4.69. The number of hydrogen-bond donors (Lipinski definition) is 0. The summed E-state index contributed by atoms with van der Waals surface area (Å²) in [4.78, 5) is 8.83. The van der Waals surface area contributed by atoms with Gasteiger partial charge in [-0.2, -0.15) is 0 Å². The van der Waals surface area contributed by atoms with E-state index in [0.717, 1.165) is 36.0 Å². The molecule has 1 aliphatic rings. The van der Waals surface area contributed by atoms with E-state index in [1.165, 1.54) is 5.56 Å². The second kappa shape index (κ2) is 5.67. The Morgan fingerprint density at radius 1 is 1.41 bits per heavy atom. The van der Waals surface area contributed by atoms with Gasteiger partial charge in [-0.1, -0.05) is 12.7 Å². The Morgan fingerprint density at radius 3 is 3.00 bits per heavy atom. The number of fused-ring (bicyclic) bond motifs is 1. The van der Waals surface area contributed by atoms with Gasteiger partial charge in [-0.15, -0.1) is 5.10 Å². The molecule has 22 heavy (non-hydrogen) atoms. The van der Waals surface area contributed by atoms with Crippen molar-refractivity contribution in [1.29, 1.82) is 0 Å². The molecule has 0 saturated heterocycles. The zero-order valence-corrected chi connectivity index (χ0v) is 13.3. The molecule has 5 heteroatoms. The number of nitrogens with zero attached hydrogens (tertiary/aromatic N) is 5. The molecule has 0 spiro atoms.